The van der Waals surface area contributed by atoms with E-state index >= 15 is 0 Å². The normalized spacial score (nSPS) is 11.3. The number of hydrogen-bond donors (Lipinski definition) is 3. The van der Waals surface area contributed by atoms with Crippen LogP contribution >= 0.6 is 11.8 Å². The lowest BCUT2D eigenvalue weighted by molar-refractivity contribution is -0.139. The van der Waals surface area contributed by atoms with E-state index in [1.807, 2.05) is 0 Å². The van der Waals surface area contributed by atoms with Crippen LogP contribution in [0.25, 0.3) is 0 Å². The van der Waals surface area contributed by atoms with Crippen LogP contribution in [0.4, 0.5) is 4.79 Å². The highest BCUT2D eigenvalue weighted by molar-refractivity contribution is 7.99. The number of aliphatic carboxylic acids is 1. The number of carboxylic acid groups (broad SMARTS) is 1. The molecular formula is C11H18N2O3S. The van der Waals surface area contributed by atoms with Crippen LogP contribution in [-0.4, -0.2) is 41.2 Å². The van der Waals surface area contributed by atoms with Gasteiger partial charge >= 0.3 is 12.0 Å². The molecule has 0 aliphatic heterocycles. The molecule has 2 amide bonds. The van der Waals surface area contributed by atoms with Crippen LogP contribution in [0.1, 0.15) is 6.42 Å². The van der Waals surface area contributed by atoms with Gasteiger partial charge in [0.1, 0.15) is 6.04 Å². The lowest BCUT2D eigenvalue weighted by atomic mass is 10.2. The number of rotatable bonds is 9. The predicted molar refractivity (Wildman–Crippen MR) is 70.3 cm³/mol. The van der Waals surface area contributed by atoms with Gasteiger partial charge in [-0.2, -0.15) is 11.8 Å². The maximum Gasteiger partial charge on any atom is 0.326 e. The molecule has 0 radical (unpaired) electrons. The molecular weight excluding hydrogens is 240 g/mol. The zero-order valence-corrected chi connectivity index (χ0v) is 10.5. The Morgan fingerprint density at radius 3 is 2.59 bits per heavy atom. The summed E-state index contributed by atoms with van der Waals surface area (Å²) in [6, 6.07) is -1.40. The highest BCUT2D eigenvalue weighted by Gasteiger charge is 2.17. The Morgan fingerprint density at radius 2 is 2.06 bits per heavy atom. The van der Waals surface area contributed by atoms with E-state index in [0.717, 1.165) is 11.5 Å². The molecule has 0 bridgehead atoms. The van der Waals surface area contributed by atoms with Gasteiger partial charge in [0.05, 0.1) is 0 Å². The number of carbonyl (C=O) groups excluding carboxylic acids is 1. The lowest BCUT2D eigenvalue weighted by Gasteiger charge is -2.13. The van der Waals surface area contributed by atoms with Crippen molar-refractivity contribution >= 4 is 23.8 Å². The molecule has 0 rings (SSSR count). The zero-order valence-electron chi connectivity index (χ0n) is 9.65. The minimum absolute atomic E-state index is 0.202. The topological polar surface area (TPSA) is 78.4 Å². The van der Waals surface area contributed by atoms with Gasteiger partial charge in [-0.15, -0.1) is 13.2 Å². The van der Waals surface area contributed by atoms with E-state index in [4.69, 9.17) is 5.11 Å². The summed E-state index contributed by atoms with van der Waals surface area (Å²) in [5.74, 6) is 0.525. The Hall–Kier alpha value is -1.43. The van der Waals surface area contributed by atoms with Gasteiger partial charge in [-0.25, -0.2) is 9.59 Å². The van der Waals surface area contributed by atoms with Crippen molar-refractivity contribution in [2.24, 2.45) is 0 Å². The van der Waals surface area contributed by atoms with E-state index in [9.17, 15) is 9.59 Å². The first kappa shape index (κ1) is 15.6. The second-order valence-corrected chi connectivity index (χ2v) is 4.33. The fraction of sp³-hybridized carbons (Fsp3) is 0.455. The highest BCUT2D eigenvalue weighted by Crippen LogP contribution is 1.97. The van der Waals surface area contributed by atoms with Crippen LogP contribution in [0.3, 0.4) is 0 Å². The van der Waals surface area contributed by atoms with Gasteiger partial charge in [-0.3, -0.25) is 0 Å². The van der Waals surface area contributed by atoms with Crippen LogP contribution in [0.2, 0.25) is 0 Å². The van der Waals surface area contributed by atoms with E-state index in [1.54, 1.807) is 17.8 Å². The average molecular weight is 258 g/mol. The minimum atomic E-state index is -1.07. The van der Waals surface area contributed by atoms with E-state index in [0.29, 0.717) is 6.54 Å². The molecule has 0 aromatic carbocycles. The van der Waals surface area contributed by atoms with Gasteiger partial charge < -0.3 is 15.7 Å². The molecule has 0 fully saturated rings. The fourth-order valence-electron chi connectivity index (χ4n) is 1.00. The molecule has 1 atom stereocenters. The molecule has 1 unspecified atom stereocenters. The quantitative estimate of drug-likeness (QED) is 0.429. The number of amides is 2. The third kappa shape index (κ3) is 8.38. The van der Waals surface area contributed by atoms with Gasteiger partial charge in [-0.05, 0) is 6.42 Å². The van der Waals surface area contributed by atoms with E-state index in [2.05, 4.69) is 23.8 Å². The Labute approximate surface area is 105 Å². The third-order valence-electron chi connectivity index (χ3n) is 1.77. The van der Waals surface area contributed by atoms with E-state index < -0.39 is 18.0 Å². The largest absolute Gasteiger partial charge is 0.480 e. The monoisotopic (exact) mass is 258 g/mol. The van der Waals surface area contributed by atoms with Gasteiger partial charge in [-0.1, -0.05) is 12.2 Å². The van der Waals surface area contributed by atoms with E-state index in [-0.39, 0.29) is 6.42 Å². The first-order valence-corrected chi connectivity index (χ1v) is 6.34. The van der Waals surface area contributed by atoms with E-state index in [1.165, 1.54) is 6.08 Å². The van der Waals surface area contributed by atoms with Crippen molar-refractivity contribution in [3.63, 3.8) is 0 Å². The van der Waals surface area contributed by atoms with Crippen LogP contribution in [0, 0.1) is 0 Å². The summed E-state index contributed by atoms with van der Waals surface area (Å²) in [5, 5.41) is 13.7. The number of carbonyl (C=O) groups is 2. The summed E-state index contributed by atoms with van der Waals surface area (Å²) in [4.78, 5) is 22.1. The Kier molecular flexibility index (Phi) is 8.95. The number of nitrogens with one attached hydrogen (secondary N) is 2. The molecule has 0 aromatic rings. The van der Waals surface area contributed by atoms with Gasteiger partial charge in [0.25, 0.3) is 0 Å². The second-order valence-electron chi connectivity index (χ2n) is 3.18. The average Bonchev–Trinajstić information content (AvgIpc) is 2.28. The van der Waals surface area contributed by atoms with Crippen molar-refractivity contribution in [1.29, 1.82) is 0 Å². The number of hydrogen-bond acceptors (Lipinski definition) is 3. The van der Waals surface area contributed by atoms with Crippen LogP contribution in [-0.2, 0) is 4.79 Å². The summed E-state index contributed by atoms with van der Waals surface area (Å²) >= 11 is 1.64. The van der Waals surface area contributed by atoms with Gasteiger partial charge in [0.2, 0.25) is 0 Å². The van der Waals surface area contributed by atoms with Crippen molar-refractivity contribution in [1.82, 2.24) is 10.6 Å². The number of carboxylic acids is 1. The van der Waals surface area contributed by atoms with Crippen LogP contribution in [0.15, 0.2) is 25.3 Å². The van der Waals surface area contributed by atoms with Gasteiger partial charge in [0, 0.05) is 18.1 Å². The smallest absolute Gasteiger partial charge is 0.326 e. The molecule has 17 heavy (non-hydrogen) atoms. The van der Waals surface area contributed by atoms with Gasteiger partial charge in [0.15, 0.2) is 0 Å². The Morgan fingerprint density at radius 1 is 1.35 bits per heavy atom. The molecule has 0 aliphatic rings. The molecule has 5 nitrogen and oxygen atoms in total. The molecule has 0 spiro atoms. The van der Waals surface area contributed by atoms with Crippen molar-refractivity contribution in [3.05, 3.63) is 25.3 Å². The number of urea groups is 1. The summed E-state index contributed by atoms with van der Waals surface area (Å²) in [6.07, 6.45) is 3.45. The second kappa shape index (κ2) is 9.77. The fourth-order valence-corrected chi connectivity index (χ4v) is 1.58. The van der Waals surface area contributed by atoms with Crippen molar-refractivity contribution in [3.8, 4) is 0 Å². The van der Waals surface area contributed by atoms with Crippen LogP contribution < -0.4 is 10.6 Å². The molecule has 6 heteroatoms. The van der Waals surface area contributed by atoms with Crippen LogP contribution in [0.5, 0.6) is 0 Å². The van der Waals surface area contributed by atoms with Crippen molar-refractivity contribution in [2.45, 2.75) is 12.5 Å². The highest BCUT2D eigenvalue weighted by atomic mass is 32.2. The molecule has 3 N–H and O–H groups in total. The standard InChI is InChI=1S/C11H18N2O3S/c1-3-5-9(10(14)15)13-11(16)12-6-8-17-7-4-2/h3-4,9H,1-2,5-8H2,(H,14,15)(H2,12,13,16). The molecule has 0 saturated carbocycles. The summed E-state index contributed by atoms with van der Waals surface area (Å²) in [7, 11) is 0. The Balaban J connectivity index is 3.78. The molecule has 0 aromatic heterocycles. The molecule has 0 aliphatic carbocycles. The van der Waals surface area contributed by atoms with Crippen molar-refractivity contribution in [2.75, 3.05) is 18.1 Å². The minimum Gasteiger partial charge on any atom is -0.480 e. The lowest BCUT2D eigenvalue weighted by Crippen LogP contribution is -2.46. The third-order valence-corrected chi connectivity index (χ3v) is 2.74. The Bertz CT molecular complexity index is 282. The molecule has 0 saturated heterocycles. The maximum atomic E-state index is 11.3. The molecule has 0 heterocycles. The SMILES string of the molecule is C=CCSCCNC(=O)NC(CC=C)C(=O)O. The molecule has 96 valence electrons. The summed E-state index contributed by atoms with van der Waals surface area (Å²) in [6.45, 7) is 7.51. The first-order chi connectivity index (χ1) is 8.11. The predicted octanol–water partition coefficient (Wildman–Crippen LogP) is 1.23. The first-order valence-electron chi connectivity index (χ1n) is 5.18. The van der Waals surface area contributed by atoms with Crippen molar-refractivity contribution < 1.29 is 14.7 Å². The number of thioether (sulfide) groups is 1. The summed E-state index contributed by atoms with van der Waals surface area (Å²) < 4.78 is 0. The maximum absolute atomic E-state index is 11.3. The zero-order chi connectivity index (χ0) is 13.1. The summed E-state index contributed by atoms with van der Waals surface area (Å²) in [5.41, 5.74) is 0.